The molecule has 1 aromatic carbocycles. The molecule has 0 radical (unpaired) electrons. The van der Waals surface area contributed by atoms with Crippen molar-refractivity contribution in [2.45, 2.75) is 77.2 Å². The molecule has 0 heterocycles. The molecule has 5 heteroatoms. The summed E-state index contributed by atoms with van der Waals surface area (Å²) in [6.45, 7) is 5.21. The number of esters is 1. The van der Waals surface area contributed by atoms with Crippen LogP contribution in [0.1, 0.15) is 77.2 Å². The zero-order valence-corrected chi connectivity index (χ0v) is 21.6. The van der Waals surface area contributed by atoms with Crippen molar-refractivity contribution in [1.82, 2.24) is 0 Å². The minimum atomic E-state index is -1.08. The Morgan fingerprint density at radius 2 is 1.80 bits per heavy atom. The summed E-state index contributed by atoms with van der Waals surface area (Å²) in [5.74, 6) is 0.618. The Morgan fingerprint density at radius 1 is 1.09 bits per heavy atom. The third-order valence-electron chi connectivity index (χ3n) is 9.53. The van der Waals surface area contributed by atoms with Crippen molar-refractivity contribution in [3.63, 3.8) is 0 Å². The fourth-order valence-corrected chi connectivity index (χ4v) is 7.95. The number of hydrogen-bond donors (Lipinski definition) is 0. The van der Waals surface area contributed by atoms with Crippen LogP contribution in [0.5, 0.6) is 0 Å². The topological polar surface area (TPSA) is 63.7 Å². The maximum Gasteiger partial charge on any atom is 0.303 e. The second-order valence-corrected chi connectivity index (χ2v) is 11.5. The highest BCUT2D eigenvalue weighted by atomic mass is 16.6. The van der Waals surface area contributed by atoms with Gasteiger partial charge in [-0.15, -0.1) is 0 Å². The number of benzene rings is 1. The average molecular weight is 476 g/mol. The molecule has 35 heavy (non-hydrogen) atoms. The van der Waals surface area contributed by atoms with Crippen molar-refractivity contribution in [3.8, 4) is 0 Å². The molecule has 0 spiro atoms. The van der Waals surface area contributed by atoms with Crippen LogP contribution in [-0.4, -0.2) is 37.2 Å². The maximum atomic E-state index is 13.2. The van der Waals surface area contributed by atoms with Gasteiger partial charge in [-0.2, -0.15) is 0 Å². The summed E-state index contributed by atoms with van der Waals surface area (Å²) in [6.07, 6.45) is 7.38. The number of rotatable bonds is 4. The van der Waals surface area contributed by atoms with Gasteiger partial charge in [-0.05, 0) is 79.7 Å². The Labute approximate surface area is 208 Å². The molecule has 4 aliphatic carbocycles. The van der Waals surface area contributed by atoms with Crippen LogP contribution in [0.3, 0.4) is 0 Å². The molecule has 0 aromatic heterocycles. The third kappa shape index (κ3) is 3.61. The molecule has 5 nitrogen and oxygen atoms in total. The van der Waals surface area contributed by atoms with E-state index in [1.807, 2.05) is 14.1 Å². The molecule has 3 fully saturated rings. The van der Waals surface area contributed by atoms with Crippen molar-refractivity contribution in [1.29, 1.82) is 0 Å². The monoisotopic (exact) mass is 475 g/mol. The fraction of sp³-hybridized carbons (Fsp3) is 0.567. The van der Waals surface area contributed by atoms with E-state index >= 15 is 0 Å². The van der Waals surface area contributed by atoms with Gasteiger partial charge in [0.1, 0.15) is 5.78 Å². The highest BCUT2D eigenvalue weighted by molar-refractivity contribution is 5.89. The van der Waals surface area contributed by atoms with Crippen LogP contribution in [0.25, 0.3) is 0 Å². The number of nitrogens with zero attached hydrogens (tertiary/aromatic N) is 1. The molecule has 0 amide bonds. The summed E-state index contributed by atoms with van der Waals surface area (Å²) >= 11 is 0. The van der Waals surface area contributed by atoms with Gasteiger partial charge in [0.15, 0.2) is 11.4 Å². The molecule has 4 aliphatic rings. The van der Waals surface area contributed by atoms with Crippen molar-refractivity contribution >= 4 is 23.2 Å². The van der Waals surface area contributed by atoms with E-state index in [0.717, 1.165) is 31.4 Å². The van der Waals surface area contributed by atoms with Crippen molar-refractivity contribution in [2.24, 2.45) is 17.3 Å². The zero-order chi connectivity index (χ0) is 25.1. The van der Waals surface area contributed by atoms with Crippen molar-refractivity contribution in [3.05, 3.63) is 52.6 Å². The second kappa shape index (κ2) is 8.46. The fourth-order valence-electron chi connectivity index (χ4n) is 7.95. The lowest BCUT2D eigenvalue weighted by Gasteiger charge is -2.54. The predicted molar refractivity (Wildman–Crippen MR) is 136 cm³/mol. The average Bonchev–Trinajstić information content (AvgIpc) is 3.10. The Hall–Kier alpha value is -2.69. The zero-order valence-electron chi connectivity index (χ0n) is 21.6. The van der Waals surface area contributed by atoms with Gasteiger partial charge in [0, 0.05) is 50.9 Å². The minimum Gasteiger partial charge on any atom is -0.451 e. The lowest BCUT2D eigenvalue weighted by Crippen LogP contribution is -2.57. The van der Waals surface area contributed by atoms with Gasteiger partial charge in [-0.25, -0.2) is 0 Å². The number of carbonyl (C=O) groups is 3. The maximum absolute atomic E-state index is 13.2. The van der Waals surface area contributed by atoms with Gasteiger partial charge in [0.05, 0.1) is 0 Å². The summed E-state index contributed by atoms with van der Waals surface area (Å²) in [6, 6.07) is 8.76. The van der Waals surface area contributed by atoms with Crippen LogP contribution in [-0.2, 0) is 19.1 Å². The smallest absolute Gasteiger partial charge is 0.303 e. The van der Waals surface area contributed by atoms with E-state index in [9.17, 15) is 14.4 Å². The van der Waals surface area contributed by atoms with E-state index in [4.69, 9.17) is 4.74 Å². The molecule has 5 atom stereocenters. The predicted octanol–water partition coefficient (Wildman–Crippen LogP) is 5.54. The molecule has 186 valence electrons. The lowest BCUT2D eigenvalue weighted by atomic mass is 9.51. The molecule has 0 aliphatic heterocycles. The summed E-state index contributed by atoms with van der Waals surface area (Å²) in [5, 5.41) is 0. The Morgan fingerprint density at radius 3 is 2.43 bits per heavy atom. The SMILES string of the molecule is CC(=O)O[C@]1(C(C)=O)CCC2C3CC=C4CC(=O)CCC4=C3[C@@H](c3ccc(N(C)C)cc3)C[C@@]21C. The van der Waals surface area contributed by atoms with Gasteiger partial charge < -0.3 is 9.64 Å². The van der Waals surface area contributed by atoms with Gasteiger partial charge in [0.25, 0.3) is 0 Å². The number of hydrogen-bond acceptors (Lipinski definition) is 5. The highest BCUT2D eigenvalue weighted by Gasteiger charge is 2.67. The molecular weight excluding hydrogens is 438 g/mol. The first-order valence-corrected chi connectivity index (χ1v) is 13.0. The van der Waals surface area contributed by atoms with E-state index in [1.165, 1.54) is 29.2 Å². The molecule has 0 bridgehead atoms. The van der Waals surface area contributed by atoms with E-state index in [0.29, 0.717) is 31.0 Å². The Bertz CT molecular complexity index is 1140. The van der Waals surface area contributed by atoms with Crippen molar-refractivity contribution in [2.75, 3.05) is 19.0 Å². The molecule has 0 N–H and O–H groups in total. The van der Waals surface area contributed by atoms with Crippen LogP contribution in [0, 0.1) is 17.3 Å². The van der Waals surface area contributed by atoms with E-state index < -0.39 is 11.0 Å². The van der Waals surface area contributed by atoms with E-state index in [1.54, 1.807) is 6.92 Å². The third-order valence-corrected chi connectivity index (χ3v) is 9.53. The minimum absolute atomic E-state index is 0.0363. The van der Waals surface area contributed by atoms with Crippen LogP contribution in [0.15, 0.2) is 47.1 Å². The Kier molecular flexibility index (Phi) is 5.81. The van der Waals surface area contributed by atoms with E-state index in [-0.39, 0.29) is 23.6 Å². The van der Waals surface area contributed by atoms with Crippen LogP contribution < -0.4 is 4.90 Å². The standard InChI is InChI=1S/C30H37NO4/c1-18(32)30(35-19(2)33)15-14-27-25-12-8-21-16-23(34)11-13-24(21)28(25)26(17-29(27,30)3)20-6-9-22(10-7-20)31(4)5/h6-10,25-27H,11-17H2,1-5H3/t25?,26-,27?,29+,30+/m1/s1. The summed E-state index contributed by atoms with van der Waals surface area (Å²) in [7, 11) is 4.08. The first-order valence-electron chi connectivity index (χ1n) is 13.0. The van der Waals surface area contributed by atoms with Gasteiger partial charge in [0.2, 0.25) is 0 Å². The number of ether oxygens (including phenoxy) is 1. The molecule has 2 unspecified atom stereocenters. The van der Waals surface area contributed by atoms with Crippen LogP contribution in [0.2, 0.25) is 0 Å². The molecule has 0 saturated heterocycles. The number of allylic oxidation sites excluding steroid dienone is 4. The largest absolute Gasteiger partial charge is 0.451 e. The van der Waals surface area contributed by atoms with Crippen molar-refractivity contribution < 1.29 is 19.1 Å². The number of ketones is 2. The van der Waals surface area contributed by atoms with E-state index in [2.05, 4.69) is 42.2 Å². The highest BCUT2D eigenvalue weighted by Crippen LogP contribution is 2.67. The number of anilines is 1. The normalized spacial score (nSPS) is 33.9. The number of fused-ring (bicyclic) bond motifs is 4. The quantitative estimate of drug-likeness (QED) is 0.535. The first kappa shape index (κ1) is 24.0. The summed E-state index contributed by atoms with van der Waals surface area (Å²) in [4.78, 5) is 39.8. The van der Waals surface area contributed by atoms with Gasteiger partial charge >= 0.3 is 5.97 Å². The lowest BCUT2D eigenvalue weighted by molar-refractivity contribution is -0.182. The molecule has 3 saturated carbocycles. The second-order valence-electron chi connectivity index (χ2n) is 11.5. The molecule has 1 aromatic rings. The van der Waals surface area contributed by atoms with Gasteiger partial charge in [-0.3, -0.25) is 14.4 Å². The summed E-state index contributed by atoms with van der Waals surface area (Å²) in [5.41, 5.74) is 4.97. The van der Waals surface area contributed by atoms with Crippen LogP contribution in [0.4, 0.5) is 5.69 Å². The molecule has 5 rings (SSSR count). The Balaban J connectivity index is 1.67. The summed E-state index contributed by atoms with van der Waals surface area (Å²) < 4.78 is 6.00. The number of carbonyl (C=O) groups excluding carboxylic acids is 3. The van der Waals surface area contributed by atoms with Crippen LogP contribution >= 0.6 is 0 Å². The number of Topliss-reactive ketones (excluding diaryl/α,β-unsaturated/α-hetero) is 2. The molecular formula is C30H37NO4. The first-order chi connectivity index (χ1) is 16.6. The van der Waals surface area contributed by atoms with Gasteiger partial charge in [-0.1, -0.05) is 30.7 Å².